The molecule has 0 bridgehead atoms. The Morgan fingerprint density at radius 3 is 2.68 bits per heavy atom. The molecule has 0 aliphatic heterocycles. The van der Waals surface area contributed by atoms with Crippen LogP contribution in [0.5, 0.6) is 5.75 Å². The minimum absolute atomic E-state index is 0.304. The Bertz CT molecular complexity index is 1210. The van der Waals surface area contributed by atoms with Crippen LogP contribution in [0.2, 0.25) is 0 Å². The van der Waals surface area contributed by atoms with E-state index < -0.39 is 0 Å². The number of ether oxygens (including phenoxy) is 1. The summed E-state index contributed by atoms with van der Waals surface area (Å²) in [7, 11) is 0. The van der Waals surface area contributed by atoms with Crippen molar-refractivity contribution in [2.45, 2.75) is 19.8 Å². The number of unbranched alkanes of at least 4 members (excludes halogenated alkanes) is 1. The third kappa shape index (κ3) is 3.66. The number of rotatable bonds is 6. The van der Waals surface area contributed by atoms with E-state index in [-0.39, 0.29) is 11.4 Å². The van der Waals surface area contributed by atoms with Crippen molar-refractivity contribution < 1.29 is 9.13 Å². The van der Waals surface area contributed by atoms with Crippen molar-refractivity contribution in [3.05, 3.63) is 74.8 Å². The average Bonchev–Trinajstić information content (AvgIpc) is 3.24. The highest BCUT2D eigenvalue weighted by atomic mass is 32.1. The summed E-state index contributed by atoms with van der Waals surface area (Å²) in [5, 5.41) is 4.32. The number of halogens is 1. The van der Waals surface area contributed by atoms with Crippen molar-refractivity contribution in [3.8, 4) is 17.1 Å². The van der Waals surface area contributed by atoms with Crippen LogP contribution in [0.25, 0.3) is 22.4 Å². The predicted molar refractivity (Wildman–Crippen MR) is 108 cm³/mol. The van der Waals surface area contributed by atoms with E-state index in [1.807, 2.05) is 24.3 Å². The zero-order chi connectivity index (χ0) is 19.5. The number of aromatic nitrogens is 3. The maximum absolute atomic E-state index is 13.8. The molecule has 2 aromatic heterocycles. The van der Waals surface area contributed by atoms with Crippen molar-refractivity contribution in [2.24, 2.45) is 0 Å². The molecule has 5 nitrogen and oxygen atoms in total. The molecule has 0 aliphatic carbocycles. The highest BCUT2D eigenvalue weighted by Gasteiger charge is 2.12. The van der Waals surface area contributed by atoms with E-state index in [2.05, 4.69) is 17.0 Å². The van der Waals surface area contributed by atoms with E-state index in [9.17, 15) is 9.18 Å². The second kappa shape index (κ2) is 7.90. The number of nitrogens with zero attached hydrogens (tertiary/aromatic N) is 3. The van der Waals surface area contributed by atoms with E-state index in [1.165, 1.54) is 28.0 Å². The first kappa shape index (κ1) is 18.3. The molecule has 0 radical (unpaired) electrons. The van der Waals surface area contributed by atoms with Crippen molar-refractivity contribution in [3.63, 3.8) is 0 Å². The van der Waals surface area contributed by atoms with Gasteiger partial charge in [-0.25, -0.2) is 4.39 Å². The minimum atomic E-state index is -0.372. The maximum atomic E-state index is 13.8. The molecule has 4 aromatic rings. The first-order valence-electron chi connectivity index (χ1n) is 9.05. The lowest BCUT2D eigenvalue weighted by atomic mass is 10.2. The molecule has 2 heterocycles. The Morgan fingerprint density at radius 2 is 1.96 bits per heavy atom. The number of fused-ring (bicyclic) bond motifs is 1. The molecule has 0 atom stereocenters. The summed E-state index contributed by atoms with van der Waals surface area (Å²) in [5.41, 5.74) is 0.863. The molecular formula is C21H18FN3O2S. The van der Waals surface area contributed by atoms with Crippen LogP contribution in [-0.4, -0.2) is 21.2 Å². The molecule has 2 aromatic carbocycles. The van der Waals surface area contributed by atoms with Gasteiger partial charge in [0.15, 0.2) is 5.82 Å². The molecule has 0 saturated heterocycles. The van der Waals surface area contributed by atoms with Crippen LogP contribution in [0, 0.1) is 5.82 Å². The van der Waals surface area contributed by atoms with Gasteiger partial charge in [0.25, 0.3) is 5.56 Å². The lowest BCUT2D eigenvalue weighted by molar-refractivity contribution is 0.309. The molecule has 142 valence electrons. The van der Waals surface area contributed by atoms with Gasteiger partial charge in [-0.2, -0.15) is 9.50 Å². The van der Waals surface area contributed by atoms with Crippen molar-refractivity contribution in [1.82, 2.24) is 14.6 Å². The van der Waals surface area contributed by atoms with Gasteiger partial charge in [0.05, 0.1) is 11.1 Å². The third-order valence-electron chi connectivity index (χ3n) is 4.25. The van der Waals surface area contributed by atoms with Gasteiger partial charge in [0.2, 0.25) is 4.96 Å². The summed E-state index contributed by atoms with van der Waals surface area (Å²) in [6.07, 6.45) is 3.63. The molecule has 0 unspecified atom stereocenters. The van der Waals surface area contributed by atoms with Crippen molar-refractivity contribution >= 4 is 22.4 Å². The quantitative estimate of drug-likeness (QED) is 0.467. The Hall–Kier alpha value is -3.06. The van der Waals surface area contributed by atoms with Crippen LogP contribution in [0.1, 0.15) is 25.3 Å². The maximum Gasteiger partial charge on any atom is 0.291 e. The average molecular weight is 395 g/mol. The summed E-state index contributed by atoms with van der Waals surface area (Å²) >= 11 is 1.19. The monoisotopic (exact) mass is 395 g/mol. The summed E-state index contributed by atoms with van der Waals surface area (Å²) in [6.45, 7) is 2.81. The third-order valence-corrected chi connectivity index (χ3v) is 5.21. The van der Waals surface area contributed by atoms with Crippen LogP contribution in [0.15, 0.2) is 53.3 Å². The van der Waals surface area contributed by atoms with Gasteiger partial charge < -0.3 is 4.74 Å². The van der Waals surface area contributed by atoms with Crippen LogP contribution < -0.4 is 14.8 Å². The Labute approximate surface area is 164 Å². The fourth-order valence-electron chi connectivity index (χ4n) is 2.72. The topological polar surface area (TPSA) is 56.5 Å². The summed E-state index contributed by atoms with van der Waals surface area (Å²) in [4.78, 5) is 17.5. The van der Waals surface area contributed by atoms with Crippen LogP contribution in [0.4, 0.5) is 4.39 Å². The van der Waals surface area contributed by atoms with Crippen LogP contribution in [-0.2, 0) is 0 Å². The zero-order valence-corrected chi connectivity index (χ0v) is 16.1. The number of hydrogen-bond acceptors (Lipinski definition) is 5. The molecule has 7 heteroatoms. The Balaban J connectivity index is 1.63. The first-order valence-corrected chi connectivity index (χ1v) is 9.86. The largest absolute Gasteiger partial charge is 0.494 e. The molecular weight excluding hydrogens is 377 g/mol. The molecule has 4 rings (SSSR count). The van der Waals surface area contributed by atoms with Gasteiger partial charge in [0.1, 0.15) is 11.6 Å². The Morgan fingerprint density at radius 1 is 1.18 bits per heavy atom. The molecule has 0 spiro atoms. The summed E-state index contributed by atoms with van der Waals surface area (Å²) < 4.78 is 21.1. The van der Waals surface area contributed by atoms with Gasteiger partial charge in [-0.3, -0.25) is 4.79 Å². The minimum Gasteiger partial charge on any atom is -0.494 e. The Kier molecular flexibility index (Phi) is 5.16. The number of hydrogen-bond donors (Lipinski definition) is 0. The normalized spacial score (nSPS) is 12.0. The van der Waals surface area contributed by atoms with Gasteiger partial charge in [-0.05, 0) is 42.8 Å². The molecule has 0 N–H and O–H groups in total. The van der Waals surface area contributed by atoms with E-state index in [1.54, 1.807) is 18.2 Å². The fourth-order valence-corrected chi connectivity index (χ4v) is 3.62. The lowest BCUT2D eigenvalue weighted by Gasteiger charge is -2.05. The highest BCUT2D eigenvalue weighted by molar-refractivity contribution is 7.15. The summed E-state index contributed by atoms with van der Waals surface area (Å²) in [6, 6.07) is 13.8. The molecule has 0 amide bonds. The molecule has 28 heavy (non-hydrogen) atoms. The van der Waals surface area contributed by atoms with Crippen molar-refractivity contribution in [2.75, 3.05) is 6.61 Å². The first-order chi connectivity index (χ1) is 13.7. The van der Waals surface area contributed by atoms with E-state index in [0.29, 0.717) is 27.5 Å². The number of thiazole rings is 1. The SMILES string of the molecule is CCCCOc1ccc(-c2nc3sc(=Cc4ccccc4F)c(=O)n3n2)cc1. The van der Waals surface area contributed by atoms with Gasteiger partial charge >= 0.3 is 0 Å². The number of benzene rings is 2. The van der Waals surface area contributed by atoms with Gasteiger partial charge in [-0.15, -0.1) is 5.10 Å². The lowest BCUT2D eigenvalue weighted by Crippen LogP contribution is -2.23. The van der Waals surface area contributed by atoms with Crippen LogP contribution in [0.3, 0.4) is 0 Å². The fraction of sp³-hybridized carbons (Fsp3) is 0.190. The smallest absolute Gasteiger partial charge is 0.291 e. The van der Waals surface area contributed by atoms with Gasteiger partial charge in [0, 0.05) is 11.1 Å². The van der Waals surface area contributed by atoms with Gasteiger partial charge in [-0.1, -0.05) is 42.9 Å². The molecule has 0 saturated carbocycles. The molecule has 0 fully saturated rings. The second-order valence-electron chi connectivity index (χ2n) is 6.29. The van der Waals surface area contributed by atoms with Crippen molar-refractivity contribution in [1.29, 1.82) is 0 Å². The van der Waals surface area contributed by atoms with Crippen LogP contribution >= 0.6 is 11.3 Å². The summed E-state index contributed by atoms with van der Waals surface area (Å²) in [5.74, 6) is 0.897. The highest BCUT2D eigenvalue weighted by Crippen LogP contribution is 2.20. The van der Waals surface area contributed by atoms with E-state index in [4.69, 9.17) is 4.74 Å². The van der Waals surface area contributed by atoms with E-state index in [0.717, 1.165) is 24.2 Å². The second-order valence-corrected chi connectivity index (χ2v) is 7.30. The zero-order valence-electron chi connectivity index (χ0n) is 15.3. The predicted octanol–water partition coefficient (Wildman–Crippen LogP) is 3.68. The molecule has 0 aliphatic rings. The van der Waals surface area contributed by atoms with E-state index >= 15 is 0 Å². The standard InChI is InChI=1S/C21H18FN3O2S/c1-2-3-12-27-16-10-8-14(9-11-16)19-23-21-25(24-19)20(26)18(28-21)13-15-6-4-5-7-17(15)22/h4-11,13H,2-3,12H2,1H3.